The number of fused-ring (bicyclic) bond motifs is 1. The fourth-order valence-corrected chi connectivity index (χ4v) is 2.30. The van der Waals surface area contributed by atoms with Crippen molar-refractivity contribution in [1.82, 2.24) is 4.98 Å². The second-order valence-electron chi connectivity index (χ2n) is 3.08. The van der Waals surface area contributed by atoms with Crippen LogP contribution >= 0.6 is 27.5 Å². The molecule has 0 spiro atoms. The molecule has 0 fully saturated rings. The summed E-state index contributed by atoms with van der Waals surface area (Å²) in [5.74, 6) is -0.678. The third-order valence-corrected chi connectivity index (χ3v) is 3.01. The fraction of sp³-hybridized carbons (Fsp3) is 0.100. The average Bonchev–Trinajstić information content (AvgIpc) is 2.22. The van der Waals surface area contributed by atoms with Crippen LogP contribution in [0.1, 0.15) is 12.1 Å². The molecule has 0 aliphatic carbocycles. The van der Waals surface area contributed by atoms with Gasteiger partial charge in [-0.15, -0.1) is 0 Å². The molecule has 0 atom stereocenters. The number of aromatic nitrogens is 1. The lowest BCUT2D eigenvalue weighted by molar-refractivity contribution is 0.146. The first kappa shape index (κ1) is 11.7. The largest absolute Gasteiger partial charge is 0.280 e. The molecule has 0 N–H and O–H groups in total. The molecule has 2 rings (SSSR count). The van der Waals surface area contributed by atoms with Gasteiger partial charge in [-0.1, -0.05) is 27.5 Å². The maximum Gasteiger partial charge on any atom is 0.280 e. The number of alkyl halides is 2. The van der Waals surface area contributed by atoms with E-state index in [9.17, 15) is 13.2 Å². The Bertz CT molecular complexity index is 559. The third-order valence-electron chi connectivity index (χ3n) is 2.06. The van der Waals surface area contributed by atoms with E-state index in [2.05, 4.69) is 20.9 Å². The van der Waals surface area contributed by atoms with E-state index in [0.717, 1.165) is 12.1 Å². The molecule has 6 heteroatoms. The summed E-state index contributed by atoms with van der Waals surface area (Å²) < 4.78 is 38.8. The molecule has 0 saturated carbocycles. The Morgan fingerprint density at radius 1 is 1.31 bits per heavy atom. The Balaban J connectivity index is 2.86. The van der Waals surface area contributed by atoms with Gasteiger partial charge in [0.15, 0.2) is 0 Å². The molecular weight excluding hydrogens is 306 g/mol. The Morgan fingerprint density at radius 2 is 2.00 bits per heavy atom. The number of halogens is 5. The monoisotopic (exact) mass is 309 g/mol. The van der Waals surface area contributed by atoms with Gasteiger partial charge in [-0.2, -0.15) is 0 Å². The van der Waals surface area contributed by atoms with E-state index in [4.69, 9.17) is 11.6 Å². The van der Waals surface area contributed by atoms with Crippen molar-refractivity contribution in [3.05, 3.63) is 39.2 Å². The van der Waals surface area contributed by atoms with E-state index in [1.54, 1.807) is 0 Å². The molecule has 1 nitrogen and oxygen atoms in total. The molecule has 0 bridgehead atoms. The summed E-state index contributed by atoms with van der Waals surface area (Å²) in [4.78, 5) is 3.56. The van der Waals surface area contributed by atoms with Crippen LogP contribution in [0, 0.1) is 5.82 Å². The molecule has 0 aliphatic rings. The lowest BCUT2D eigenvalue weighted by atomic mass is 10.2. The van der Waals surface area contributed by atoms with Gasteiger partial charge >= 0.3 is 0 Å². The Hall–Kier alpha value is -0.810. The maximum absolute atomic E-state index is 13.4. The van der Waals surface area contributed by atoms with Crippen molar-refractivity contribution in [2.24, 2.45) is 0 Å². The van der Waals surface area contributed by atoms with Crippen LogP contribution < -0.4 is 0 Å². The SMILES string of the molecule is Fc1ccc(Br)c2c(Cl)cc(C(F)F)nc12. The Labute approximate surface area is 102 Å². The summed E-state index contributed by atoms with van der Waals surface area (Å²) in [5, 5.41) is 0.345. The fourth-order valence-electron chi connectivity index (χ4n) is 1.35. The zero-order valence-corrected chi connectivity index (χ0v) is 9.99. The van der Waals surface area contributed by atoms with E-state index in [1.807, 2.05) is 0 Å². The van der Waals surface area contributed by atoms with Gasteiger partial charge in [0.2, 0.25) is 0 Å². The first-order valence-corrected chi connectivity index (χ1v) is 5.40. The van der Waals surface area contributed by atoms with Crippen molar-refractivity contribution in [3.63, 3.8) is 0 Å². The van der Waals surface area contributed by atoms with Gasteiger partial charge in [-0.25, -0.2) is 18.2 Å². The number of benzene rings is 1. The number of rotatable bonds is 1. The van der Waals surface area contributed by atoms with Gasteiger partial charge < -0.3 is 0 Å². The minimum atomic E-state index is -2.78. The average molecular weight is 310 g/mol. The summed E-state index contributed by atoms with van der Waals surface area (Å²) in [6, 6.07) is 3.64. The van der Waals surface area contributed by atoms with Gasteiger partial charge in [0.1, 0.15) is 17.0 Å². The molecule has 0 unspecified atom stereocenters. The van der Waals surface area contributed by atoms with Gasteiger partial charge in [0, 0.05) is 9.86 Å². The molecule has 2 aromatic rings. The Kier molecular flexibility index (Phi) is 3.08. The van der Waals surface area contributed by atoms with Crippen LogP contribution in [0.5, 0.6) is 0 Å². The van der Waals surface area contributed by atoms with E-state index in [-0.39, 0.29) is 10.5 Å². The van der Waals surface area contributed by atoms with Crippen LogP contribution in [-0.2, 0) is 0 Å². The zero-order chi connectivity index (χ0) is 11.9. The van der Waals surface area contributed by atoms with E-state index in [1.165, 1.54) is 6.07 Å². The number of pyridine rings is 1. The van der Waals surface area contributed by atoms with Gasteiger partial charge in [-0.3, -0.25) is 0 Å². The molecule has 1 aromatic carbocycles. The predicted octanol–water partition coefficient (Wildman–Crippen LogP) is 4.73. The van der Waals surface area contributed by atoms with E-state index < -0.39 is 17.9 Å². The highest BCUT2D eigenvalue weighted by molar-refractivity contribution is 9.10. The van der Waals surface area contributed by atoms with Crippen LogP contribution in [0.4, 0.5) is 13.2 Å². The second kappa shape index (κ2) is 4.22. The molecule has 1 aromatic heterocycles. The molecule has 0 radical (unpaired) electrons. The smallest absolute Gasteiger partial charge is 0.244 e. The minimum Gasteiger partial charge on any atom is -0.244 e. The van der Waals surface area contributed by atoms with Crippen LogP contribution in [0.25, 0.3) is 10.9 Å². The van der Waals surface area contributed by atoms with Crippen LogP contribution in [0.2, 0.25) is 5.02 Å². The summed E-state index contributed by atoms with van der Waals surface area (Å²) in [6.07, 6.45) is -2.78. The highest BCUT2D eigenvalue weighted by Crippen LogP contribution is 2.33. The normalized spacial score (nSPS) is 11.4. The summed E-state index contributed by atoms with van der Waals surface area (Å²) in [7, 11) is 0. The van der Waals surface area contributed by atoms with E-state index in [0.29, 0.717) is 9.86 Å². The lowest BCUT2D eigenvalue weighted by Gasteiger charge is -2.06. The summed E-state index contributed by atoms with van der Waals surface area (Å²) in [5.41, 5.74) is -0.688. The standard InChI is InChI=1S/C10H4BrClF3N/c11-4-1-2-6(13)9-8(4)5(12)3-7(16-9)10(14)15/h1-3,10H. The van der Waals surface area contributed by atoms with Crippen molar-refractivity contribution < 1.29 is 13.2 Å². The minimum absolute atomic E-state index is 0.0478. The van der Waals surface area contributed by atoms with Crippen molar-refractivity contribution >= 4 is 38.4 Å². The first-order valence-electron chi connectivity index (χ1n) is 4.23. The van der Waals surface area contributed by atoms with Crippen LogP contribution in [0.3, 0.4) is 0 Å². The molecule has 1 heterocycles. The predicted molar refractivity (Wildman–Crippen MR) is 59.4 cm³/mol. The third kappa shape index (κ3) is 1.89. The number of nitrogens with zero attached hydrogens (tertiary/aromatic N) is 1. The molecule has 0 saturated heterocycles. The highest BCUT2D eigenvalue weighted by Gasteiger charge is 2.16. The molecule has 16 heavy (non-hydrogen) atoms. The topological polar surface area (TPSA) is 12.9 Å². The summed E-state index contributed by atoms with van der Waals surface area (Å²) in [6.45, 7) is 0. The molecule has 84 valence electrons. The van der Waals surface area contributed by atoms with Crippen molar-refractivity contribution in [3.8, 4) is 0 Å². The zero-order valence-electron chi connectivity index (χ0n) is 7.65. The van der Waals surface area contributed by atoms with Crippen molar-refractivity contribution in [2.75, 3.05) is 0 Å². The number of hydrogen-bond donors (Lipinski definition) is 0. The highest BCUT2D eigenvalue weighted by atomic mass is 79.9. The van der Waals surface area contributed by atoms with E-state index >= 15 is 0 Å². The number of hydrogen-bond acceptors (Lipinski definition) is 1. The van der Waals surface area contributed by atoms with Crippen molar-refractivity contribution in [2.45, 2.75) is 6.43 Å². The van der Waals surface area contributed by atoms with Gasteiger partial charge in [0.25, 0.3) is 6.43 Å². The Morgan fingerprint density at radius 3 is 2.62 bits per heavy atom. The van der Waals surface area contributed by atoms with Crippen molar-refractivity contribution in [1.29, 1.82) is 0 Å². The lowest BCUT2D eigenvalue weighted by Crippen LogP contribution is -1.94. The molecular formula is C10H4BrClF3N. The quantitative estimate of drug-likeness (QED) is 0.742. The first-order chi connectivity index (χ1) is 7.50. The van der Waals surface area contributed by atoms with Crippen LogP contribution in [0.15, 0.2) is 22.7 Å². The van der Waals surface area contributed by atoms with Gasteiger partial charge in [-0.05, 0) is 18.2 Å². The second-order valence-corrected chi connectivity index (χ2v) is 4.34. The molecule has 0 amide bonds. The van der Waals surface area contributed by atoms with Crippen LogP contribution in [-0.4, -0.2) is 4.98 Å². The van der Waals surface area contributed by atoms with Gasteiger partial charge in [0.05, 0.1) is 5.02 Å². The maximum atomic E-state index is 13.4. The molecule has 0 aliphatic heterocycles. The summed E-state index contributed by atoms with van der Waals surface area (Å²) >= 11 is 8.98.